The lowest BCUT2D eigenvalue weighted by Gasteiger charge is -2.14. The summed E-state index contributed by atoms with van der Waals surface area (Å²) in [5, 5.41) is 8.00. The third-order valence-corrected chi connectivity index (χ3v) is 21.8. The predicted octanol–water partition coefficient (Wildman–Crippen LogP) is 27.4. The van der Waals surface area contributed by atoms with Crippen molar-refractivity contribution in [1.29, 1.82) is 0 Å². The molecule has 0 saturated heterocycles. The molecule has 6 aromatic heterocycles. The van der Waals surface area contributed by atoms with E-state index in [1.807, 2.05) is 146 Å². The number of H-pyrrole nitrogens is 1. The van der Waals surface area contributed by atoms with Crippen LogP contribution >= 0.6 is 11.6 Å². The molecule has 16 aromatic carbocycles. The third-order valence-electron chi connectivity index (χ3n) is 21.5. The molecule has 22 aromatic rings. The summed E-state index contributed by atoms with van der Waals surface area (Å²) < 4.78 is 7.03. The van der Waals surface area contributed by atoms with Gasteiger partial charge >= 0.3 is 0 Å². The number of halogens is 1. The highest BCUT2D eigenvalue weighted by molar-refractivity contribution is 6.30. The van der Waals surface area contributed by atoms with Gasteiger partial charge < -0.3 is 18.7 Å². The monoisotopic (exact) mass is 1520 g/mol. The lowest BCUT2D eigenvalue weighted by Crippen LogP contribution is -2.01. The predicted molar refractivity (Wildman–Crippen MR) is 483 cm³/mol. The van der Waals surface area contributed by atoms with Crippen molar-refractivity contribution >= 4 is 77.0 Å². The van der Waals surface area contributed by atoms with Gasteiger partial charge in [-0.2, -0.15) is 0 Å². The zero-order chi connectivity index (χ0) is 78.0. The molecule has 0 fully saturated rings. The number of aromatic amines is 1. The maximum atomic E-state index is 6.14. The number of hydrogen-bond acceptors (Lipinski definition) is 6. The average Bonchev–Trinajstić information content (AvgIpc) is 1.56. The first-order chi connectivity index (χ1) is 57.9. The van der Waals surface area contributed by atoms with E-state index in [0.717, 1.165) is 67.0 Å². The lowest BCUT2D eigenvalue weighted by molar-refractivity contribution is 1.07. The van der Waals surface area contributed by atoms with Gasteiger partial charge in [-0.3, -0.25) is 0 Å². The molecule has 10 nitrogen and oxygen atoms in total. The standard InChI is InChI=1S/C53H35N5.C32H22N2.C21H14ClN3/c1-5-16-36(17-6-1)41-32-42(37-18-7-2-8-19-37)35-44(34-41)57-31-30-47-48(57)29-28-46-45-26-13-14-27-49(45)58(50(46)47)43-25-15-24-40(33-43)53-55-51(38-20-9-3-10-21-38)54-52(56-53)39-22-11-4-12-23-39;1-3-9-22(10-4-1)24-19-25(23-11-5-2-6-12-23)21-26(20-24)34-18-17-29-31(34)16-15-28-27-13-7-8-14-30(27)33-32(28)29;22-18-13-7-12-17(14-18)21-24-19(15-8-3-1-4-9-15)23-20(25-21)16-10-5-2-6-11-16/h1-35H;1-21,33H;1-14H. The molecule has 0 aliphatic carbocycles. The van der Waals surface area contributed by atoms with Crippen LogP contribution in [0.25, 0.3) is 195 Å². The molecule has 0 radical (unpaired) electrons. The summed E-state index contributed by atoms with van der Waals surface area (Å²) in [5.41, 5.74) is 25.4. The van der Waals surface area contributed by atoms with Crippen LogP contribution in [0.4, 0.5) is 0 Å². The maximum Gasteiger partial charge on any atom is 0.164 e. The minimum Gasteiger partial charge on any atom is -0.354 e. The summed E-state index contributed by atoms with van der Waals surface area (Å²) in [5.74, 6) is 3.80. The second-order valence-corrected chi connectivity index (χ2v) is 29.3. The molecule has 0 bridgehead atoms. The number of rotatable bonds is 13. The largest absolute Gasteiger partial charge is 0.354 e. The van der Waals surface area contributed by atoms with Gasteiger partial charge in [0.1, 0.15) is 0 Å². The van der Waals surface area contributed by atoms with Gasteiger partial charge in [0.25, 0.3) is 0 Å². The summed E-state index contributed by atoms with van der Waals surface area (Å²) in [6.07, 6.45) is 4.40. The van der Waals surface area contributed by atoms with Crippen LogP contribution in [0.15, 0.2) is 425 Å². The minimum atomic E-state index is 0.607. The molecular weight excluding hydrogens is 1450 g/mol. The molecule has 11 heteroatoms. The quantitative estimate of drug-likeness (QED) is 0.123. The second-order valence-electron chi connectivity index (χ2n) is 28.8. The number of para-hydroxylation sites is 2. The highest BCUT2D eigenvalue weighted by Gasteiger charge is 2.22. The first-order valence-corrected chi connectivity index (χ1v) is 39.4. The van der Waals surface area contributed by atoms with Crippen LogP contribution in [0.5, 0.6) is 0 Å². The van der Waals surface area contributed by atoms with Crippen molar-refractivity contribution in [3.63, 3.8) is 0 Å². The van der Waals surface area contributed by atoms with Gasteiger partial charge in [0.05, 0.1) is 27.6 Å². The molecule has 0 spiro atoms. The fourth-order valence-corrected chi connectivity index (χ4v) is 16.1. The Morgan fingerprint density at radius 2 is 0.538 bits per heavy atom. The average molecular weight is 1520 g/mol. The van der Waals surface area contributed by atoms with E-state index < -0.39 is 0 Å². The Labute approximate surface area is 680 Å². The van der Waals surface area contributed by atoms with Crippen LogP contribution in [0, 0.1) is 0 Å². The Balaban J connectivity index is 0.000000126. The van der Waals surface area contributed by atoms with Gasteiger partial charge in [0.15, 0.2) is 34.9 Å². The van der Waals surface area contributed by atoms with Crippen LogP contribution in [0.2, 0.25) is 5.02 Å². The Bertz CT molecular complexity index is 7120. The van der Waals surface area contributed by atoms with Crippen molar-refractivity contribution in [3.05, 3.63) is 430 Å². The summed E-state index contributed by atoms with van der Waals surface area (Å²) >= 11 is 6.14. The number of nitrogens with zero attached hydrogens (tertiary/aromatic N) is 9. The van der Waals surface area contributed by atoms with Crippen LogP contribution < -0.4 is 0 Å². The van der Waals surface area contributed by atoms with Gasteiger partial charge in [0, 0.05) is 106 Å². The fraction of sp³-hybridized carbons (Fsp3) is 0. The van der Waals surface area contributed by atoms with Gasteiger partial charge in [0.2, 0.25) is 0 Å². The normalized spacial score (nSPS) is 11.3. The van der Waals surface area contributed by atoms with E-state index in [1.54, 1.807) is 0 Å². The van der Waals surface area contributed by atoms with Crippen molar-refractivity contribution in [2.45, 2.75) is 0 Å². The number of nitrogens with one attached hydrogen (secondary N) is 1. The topological polar surface area (TPSA) is 108 Å². The van der Waals surface area contributed by atoms with Crippen molar-refractivity contribution < 1.29 is 0 Å². The third kappa shape index (κ3) is 14.2. The second kappa shape index (κ2) is 31.2. The SMILES string of the molecule is Clc1cccc(-c2nc(-c3ccccc3)nc(-c3ccccc3)n2)c1.c1ccc(-c2cc(-c3ccccc3)cc(-n3ccc4c3ccc3c5ccccc5n(-c5cccc(-c6nc(-c7ccccc7)nc(-c7ccccc7)n6)c5)c34)c2)cc1.c1ccc(-c2cc(-c3ccccc3)cc(-n3ccc4c5[nH]c6ccccc6c5ccc43)c2)cc1. The zero-order valence-corrected chi connectivity index (χ0v) is 64.1. The summed E-state index contributed by atoms with van der Waals surface area (Å²) in [4.78, 5) is 32.7. The van der Waals surface area contributed by atoms with Crippen molar-refractivity contribution in [3.8, 4) is 130 Å². The zero-order valence-electron chi connectivity index (χ0n) is 63.3. The highest BCUT2D eigenvalue weighted by atomic mass is 35.5. The highest BCUT2D eigenvalue weighted by Crippen LogP contribution is 2.42. The first kappa shape index (κ1) is 70.6. The molecule has 22 rings (SSSR count). The van der Waals surface area contributed by atoms with Crippen molar-refractivity contribution in [2.24, 2.45) is 0 Å². The molecule has 117 heavy (non-hydrogen) atoms. The molecule has 552 valence electrons. The van der Waals surface area contributed by atoms with Crippen molar-refractivity contribution in [2.75, 3.05) is 0 Å². The van der Waals surface area contributed by atoms with E-state index in [2.05, 4.69) is 313 Å². The Hall–Kier alpha value is -15.5. The molecule has 0 saturated carbocycles. The number of benzene rings is 16. The van der Waals surface area contributed by atoms with Gasteiger partial charge in [-0.05, 0) is 142 Å². The van der Waals surface area contributed by atoms with Gasteiger partial charge in [-0.25, -0.2) is 29.9 Å². The van der Waals surface area contributed by atoms with Crippen LogP contribution in [-0.2, 0) is 0 Å². The molecule has 0 unspecified atom stereocenters. The summed E-state index contributed by atoms with van der Waals surface area (Å²) in [6, 6.07) is 143. The number of hydrogen-bond donors (Lipinski definition) is 1. The number of aromatic nitrogens is 10. The summed E-state index contributed by atoms with van der Waals surface area (Å²) in [7, 11) is 0. The molecule has 0 aliphatic heterocycles. The Kier molecular flexibility index (Phi) is 18.9. The van der Waals surface area contributed by atoms with Crippen molar-refractivity contribution in [1.82, 2.24) is 48.6 Å². The first-order valence-electron chi connectivity index (χ1n) is 39.1. The van der Waals surface area contributed by atoms with E-state index in [-0.39, 0.29) is 0 Å². The smallest absolute Gasteiger partial charge is 0.164 e. The maximum absolute atomic E-state index is 6.14. The molecule has 1 N–H and O–H groups in total. The van der Waals surface area contributed by atoms with E-state index in [1.165, 1.54) is 93.4 Å². The summed E-state index contributed by atoms with van der Waals surface area (Å²) in [6.45, 7) is 0. The Morgan fingerprint density at radius 1 is 0.205 bits per heavy atom. The Morgan fingerprint density at radius 3 is 0.974 bits per heavy atom. The van der Waals surface area contributed by atoms with Gasteiger partial charge in [-0.1, -0.05) is 327 Å². The molecule has 0 atom stereocenters. The van der Waals surface area contributed by atoms with Crippen LogP contribution in [0.1, 0.15) is 0 Å². The fourth-order valence-electron chi connectivity index (χ4n) is 15.9. The van der Waals surface area contributed by atoms with Crippen LogP contribution in [-0.4, -0.2) is 48.6 Å². The lowest BCUT2D eigenvalue weighted by atomic mass is 9.98. The van der Waals surface area contributed by atoms with Crippen LogP contribution in [0.3, 0.4) is 0 Å². The van der Waals surface area contributed by atoms with E-state index >= 15 is 0 Å². The van der Waals surface area contributed by atoms with Gasteiger partial charge in [-0.15, -0.1) is 0 Å². The molecule has 0 amide bonds. The number of fused-ring (bicyclic) bond motifs is 10. The molecule has 6 heterocycles. The van der Waals surface area contributed by atoms with E-state index in [9.17, 15) is 0 Å². The van der Waals surface area contributed by atoms with E-state index in [0.29, 0.717) is 40.0 Å². The molecular formula is C106H71ClN10. The van der Waals surface area contributed by atoms with E-state index in [4.69, 9.17) is 26.6 Å². The molecule has 0 aliphatic rings. The minimum absolute atomic E-state index is 0.607.